The largest absolute Gasteiger partial charge is 0.0925 e. The van der Waals surface area contributed by atoms with Crippen molar-refractivity contribution in [1.29, 1.82) is 0 Å². The van der Waals surface area contributed by atoms with Gasteiger partial charge in [0.1, 0.15) is 0 Å². The van der Waals surface area contributed by atoms with Gasteiger partial charge in [-0.1, -0.05) is 50.0 Å². The second-order valence-corrected chi connectivity index (χ2v) is 11.7. The Balaban J connectivity index is 1.56. The fraction of sp³-hybridized carbons (Fsp3) is 1.00. The fourth-order valence-corrected chi connectivity index (χ4v) is 9.25. The lowest BCUT2D eigenvalue weighted by Gasteiger charge is -2.61. The molecule has 4 rings (SSSR count). The molecule has 0 aromatic heterocycles. The SMILES string of the molecule is CCC1CCC2(C)C(CCC3C2CCC2(C)C(C(C)CBr)CCC32)C1. The first-order valence-corrected chi connectivity index (χ1v) is 12.6. The molecule has 0 saturated heterocycles. The highest BCUT2D eigenvalue weighted by molar-refractivity contribution is 9.09. The summed E-state index contributed by atoms with van der Waals surface area (Å²) in [6.07, 6.45) is 15.3. The summed E-state index contributed by atoms with van der Waals surface area (Å²) in [5.74, 6) is 7.08. The van der Waals surface area contributed by atoms with Crippen molar-refractivity contribution in [2.24, 2.45) is 52.3 Å². The van der Waals surface area contributed by atoms with Crippen LogP contribution in [0.15, 0.2) is 0 Å². The lowest BCUT2D eigenvalue weighted by atomic mass is 9.44. The highest BCUT2D eigenvalue weighted by Crippen LogP contribution is 2.68. The maximum atomic E-state index is 3.80. The second-order valence-electron chi connectivity index (χ2n) is 11.1. The van der Waals surface area contributed by atoms with Gasteiger partial charge in [0.2, 0.25) is 0 Å². The van der Waals surface area contributed by atoms with Crippen LogP contribution in [-0.2, 0) is 0 Å². The monoisotopic (exact) mass is 408 g/mol. The van der Waals surface area contributed by atoms with E-state index in [9.17, 15) is 0 Å². The minimum Gasteiger partial charge on any atom is -0.0925 e. The molecule has 25 heavy (non-hydrogen) atoms. The van der Waals surface area contributed by atoms with E-state index in [-0.39, 0.29) is 0 Å². The first-order valence-electron chi connectivity index (χ1n) is 11.5. The van der Waals surface area contributed by atoms with Gasteiger partial charge in [-0.05, 0) is 110 Å². The topological polar surface area (TPSA) is 0 Å². The average Bonchev–Trinajstić information content (AvgIpc) is 2.97. The van der Waals surface area contributed by atoms with Gasteiger partial charge in [0.05, 0.1) is 0 Å². The van der Waals surface area contributed by atoms with Crippen LogP contribution in [-0.4, -0.2) is 5.33 Å². The number of hydrogen-bond donors (Lipinski definition) is 0. The molecule has 9 unspecified atom stereocenters. The van der Waals surface area contributed by atoms with Crippen molar-refractivity contribution in [2.45, 2.75) is 91.9 Å². The fourth-order valence-electron chi connectivity index (χ4n) is 8.80. The maximum absolute atomic E-state index is 3.80. The van der Waals surface area contributed by atoms with Gasteiger partial charge in [-0.3, -0.25) is 0 Å². The van der Waals surface area contributed by atoms with Crippen LogP contribution >= 0.6 is 15.9 Å². The van der Waals surface area contributed by atoms with Crippen molar-refractivity contribution in [1.82, 2.24) is 0 Å². The Morgan fingerprint density at radius 3 is 2.36 bits per heavy atom. The highest BCUT2D eigenvalue weighted by Gasteiger charge is 2.60. The molecule has 0 spiro atoms. The number of halogens is 1. The number of alkyl halides is 1. The summed E-state index contributed by atoms with van der Waals surface area (Å²) in [6, 6.07) is 0. The van der Waals surface area contributed by atoms with E-state index in [2.05, 4.69) is 43.6 Å². The molecule has 0 bridgehead atoms. The van der Waals surface area contributed by atoms with E-state index >= 15 is 0 Å². The summed E-state index contributed by atoms with van der Waals surface area (Å²) in [4.78, 5) is 0. The summed E-state index contributed by atoms with van der Waals surface area (Å²) in [5.41, 5.74) is 1.34. The molecule has 0 radical (unpaired) electrons. The van der Waals surface area contributed by atoms with Crippen LogP contribution in [0.5, 0.6) is 0 Å². The van der Waals surface area contributed by atoms with Crippen molar-refractivity contribution in [3.05, 3.63) is 0 Å². The van der Waals surface area contributed by atoms with Gasteiger partial charge in [-0.25, -0.2) is 0 Å². The van der Waals surface area contributed by atoms with Crippen LogP contribution in [0.1, 0.15) is 91.9 Å². The predicted molar refractivity (Wildman–Crippen MR) is 112 cm³/mol. The Hall–Kier alpha value is 0.480. The van der Waals surface area contributed by atoms with E-state index in [0.717, 1.165) is 41.4 Å². The summed E-state index contributed by atoms with van der Waals surface area (Å²) >= 11 is 3.80. The van der Waals surface area contributed by atoms with Crippen LogP contribution in [0.4, 0.5) is 0 Å². The van der Waals surface area contributed by atoms with E-state index in [1.54, 1.807) is 32.1 Å². The molecule has 4 aliphatic rings. The zero-order valence-electron chi connectivity index (χ0n) is 17.2. The summed E-state index contributed by atoms with van der Waals surface area (Å²) in [6.45, 7) is 10.4. The second kappa shape index (κ2) is 6.82. The van der Waals surface area contributed by atoms with Gasteiger partial charge in [0, 0.05) is 5.33 Å². The lowest BCUT2D eigenvalue weighted by molar-refractivity contribution is -0.120. The molecule has 1 heteroatoms. The van der Waals surface area contributed by atoms with E-state index in [4.69, 9.17) is 0 Å². The molecule has 4 aliphatic carbocycles. The Labute approximate surface area is 165 Å². The van der Waals surface area contributed by atoms with Crippen LogP contribution < -0.4 is 0 Å². The molecule has 0 nitrogen and oxygen atoms in total. The van der Waals surface area contributed by atoms with Crippen LogP contribution in [0.2, 0.25) is 0 Å². The summed E-state index contributed by atoms with van der Waals surface area (Å²) in [7, 11) is 0. The molecule has 144 valence electrons. The van der Waals surface area contributed by atoms with Gasteiger partial charge < -0.3 is 0 Å². The number of rotatable bonds is 3. The van der Waals surface area contributed by atoms with Gasteiger partial charge in [0.15, 0.2) is 0 Å². The quantitative estimate of drug-likeness (QED) is 0.419. The van der Waals surface area contributed by atoms with E-state index in [0.29, 0.717) is 10.8 Å². The normalized spacial score (nSPS) is 53.6. The van der Waals surface area contributed by atoms with E-state index in [1.165, 1.54) is 37.4 Å². The van der Waals surface area contributed by atoms with Crippen LogP contribution in [0, 0.1) is 52.3 Å². The molecule has 0 N–H and O–H groups in total. The first-order chi connectivity index (χ1) is 11.9. The van der Waals surface area contributed by atoms with Crippen molar-refractivity contribution < 1.29 is 0 Å². The molecule has 4 fully saturated rings. The molecular weight excluding hydrogens is 368 g/mol. The van der Waals surface area contributed by atoms with Gasteiger partial charge in [0.25, 0.3) is 0 Å². The lowest BCUT2D eigenvalue weighted by Crippen LogP contribution is -2.53. The predicted octanol–water partition coefficient (Wildman–Crippen LogP) is 7.70. The molecule has 0 amide bonds. The smallest absolute Gasteiger partial charge is 0.00598 e. The van der Waals surface area contributed by atoms with Gasteiger partial charge in [-0.15, -0.1) is 0 Å². The van der Waals surface area contributed by atoms with Crippen LogP contribution in [0.25, 0.3) is 0 Å². The molecule has 0 aromatic rings. The third-order valence-corrected chi connectivity index (χ3v) is 11.4. The molecule has 0 aromatic carbocycles. The van der Waals surface area contributed by atoms with E-state index < -0.39 is 0 Å². The highest BCUT2D eigenvalue weighted by atomic mass is 79.9. The third kappa shape index (κ3) is 2.80. The van der Waals surface area contributed by atoms with E-state index in [1.807, 2.05) is 0 Å². The molecule has 4 saturated carbocycles. The Kier molecular flexibility index (Phi) is 5.14. The maximum Gasteiger partial charge on any atom is 0.00598 e. The number of hydrogen-bond acceptors (Lipinski definition) is 0. The Bertz CT molecular complexity index is 486. The minimum absolute atomic E-state index is 0.651. The van der Waals surface area contributed by atoms with Gasteiger partial charge in [-0.2, -0.15) is 0 Å². The zero-order chi connectivity index (χ0) is 17.8. The van der Waals surface area contributed by atoms with Crippen molar-refractivity contribution >= 4 is 15.9 Å². The zero-order valence-corrected chi connectivity index (χ0v) is 18.8. The molecule has 0 aliphatic heterocycles. The average molecular weight is 409 g/mol. The third-order valence-electron chi connectivity index (χ3n) is 10.4. The summed E-state index contributed by atoms with van der Waals surface area (Å²) < 4.78 is 0. The summed E-state index contributed by atoms with van der Waals surface area (Å²) in [5, 5.41) is 1.20. The van der Waals surface area contributed by atoms with Crippen molar-refractivity contribution in [2.75, 3.05) is 5.33 Å². The molecule has 0 heterocycles. The molecular formula is C24H41Br. The van der Waals surface area contributed by atoms with Gasteiger partial charge >= 0.3 is 0 Å². The molecule has 9 atom stereocenters. The Morgan fingerprint density at radius 2 is 1.64 bits per heavy atom. The standard InChI is InChI=1S/C24H41Br/c1-5-17-10-12-23(3)18(14-17)6-7-19-21-9-8-20(16(2)15-25)24(21,4)13-11-22(19)23/h16-22H,5-15H2,1-4H3. The van der Waals surface area contributed by atoms with Crippen molar-refractivity contribution in [3.8, 4) is 0 Å². The Morgan fingerprint density at radius 1 is 0.920 bits per heavy atom. The first kappa shape index (κ1) is 18.8. The minimum atomic E-state index is 0.651. The van der Waals surface area contributed by atoms with Crippen molar-refractivity contribution in [3.63, 3.8) is 0 Å². The van der Waals surface area contributed by atoms with Crippen LogP contribution in [0.3, 0.4) is 0 Å². The number of fused-ring (bicyclic) bond motifs is 5.